The van der Waals surface area contributed by atoms with Crippen LogP contribution in [0.15, 0.2) is 0 Å². The second kappa shape index (κ2) is 5.69. The normalized spacial score (nSPS) is 15.8. The summed E-state index contributed by atoms with van der Waals surface area (Å²) in [6.07, 6.45) is -2.67. The number of halogens is 3. The summed E-state index contributed by atoms with van der Waals surface area (Å²) in [5.74, 6) is 0. The minimum absolute atomic E-state index is 0. The highest BCUT2D eigenvalue weighted by Gasteiger charge is 2.23. The summed E-state index contributed by atoms with van der Waals surface area (Å²) >= 11 is 0. The SMILES string of the molecule is COCC(C)(N)CC(F)F.Cl. The van der Waals surface area contributed by atoms with Crippen molar-refractivity contribution in [3.63, 3.8) is 0 Å². The minimum atomic E-state index is -2.36. The average molecular weight is 190 g/mol. The topological polar surface area (TPSA) is 35.2 Å². The third-order valence-electron chi connectivity index (χ3n) is 1.09. The van der Waals surface area contributed by atoms with E-state index in [1.165, 1.54) is 7.11 Å². The third kappa shape index (κ3) is 7.97. The van der Waals surface area contributed by atoms with E-state index in [1.54, 1.807) is 6.92 Å². The van der Waals surface area contributed by atoms with Crippen LogP contribution in [-0.2, 0) is 4.74 Å². The number of hydrogen-bond donors (Lipinski definition) is 1. The first-order chi connectivity index (χ1) is 4.48. The van der Waals surface area contributed by atoms with Crippen molar-refractivity contribution < 1.29 is 13.5 Å². The van der Waals surface area contributed by atoms with E-state index < -0.39 is 12.0 Å². The Morgan fingerprint density at radius 2 is 2.00 bits per heavy atom. The average Bonchev–Trinajstić information content (AvgIpc) is 1.59. The zero-order valence-corrected chi connectivity index (χ0v) is 7.46. The molecular formula is C6H14ClF2NO. The Morgan fingerprint density at radius 1 is 1.55 bits per heavy atom. The van der Waals surface area contributed by atoms with Gasteiger partial charge >= 0.3 is 0 Å². The Hall–Kier alpha value is 0.0700. The Balaban J connectivity index is 0. The zero-order chi connectivity index (χ0) is 8.20. The van der Waals surface area contributed by atoms with Crippen LogP contribution in [0, 0.1) is 0 Å². The quantitative estimate of drug-likeness (QED) is 0.726. The molecule has 0 aromatic rings. The molecule has 0 bridgehead atoms. The second-order valence-corrected chi connectivity index (χ2v) is 2.68. The molecule has 1 atom stereocenters. The Morgan fingerprint density at radius 3 is 2.27 bits per heavy atom. The first-order valence-corrected chi connectivity index (χ1v) is 3.04. The van der Waals surface area contributed by atoms with Gasteiger partial charge in [0.25, 0.3) is 0 Å². The molecule has 70 valence electrons. The lowest BCUT2D eigenvalue weighted by molar-refractivity contribution is 0.0683. The zero-order valence-electron chi connectivity index (χ0n) is 6.64. The number of rotatable bonds is 4. The van der Waals surface area contributed by atoms with E-state index in [1.807, 2.05) is 0 Å². The second-order valence-electron chi connectivity index (χ2n) is 2.68. The summed E-state index contributed by atoms with van der Waals surface area (Å²) in [6, 6.07) is 0. The van der Waals surface area contributed by atoms with Gasteiger partial charge in [0.2, 0.25) is 6.43 Å². The first kappa shape index (κ1) is 13.6. The van der Waals surface area contributed by atoms with Crippen LogP contribution in [0.5, 0.6) is 0 Å². The number of methoxy groups -OCH3 is 1. The number of ether oxygens (including phenoxy) is 1. The Labute approximate surface area is 71.5 Å². The fourth-order valence-corrected chi connectivity index (χ4v) is 0.741. The number of hydrogen-bond acceptors (Lipinski definition) is 2. The molecule has 1 unspecified atom stereocenters. The van der Waals surface area contributed by atoms with E-state index >= 15 is 0 Å². The molecule has 0 saturated heterocycles. The van der Waals surface area contributed by atoms with Crippen molar-refractivity contribution in [3.8, 4) is 0 Å². The lowest BCUT2D eigenvalue weighted by atomic mass is 10.0. The fraction of sp³-hybridized carbons (Fsp3) is 1.00. The fourth-order valence-electron chi connectivity index (χ4n) is 0.741. The van der Waals surface area contributed by atoms with Gasteiger partial charge < -0.3 is 10.5 Å². The molecular weight excluding hydrogens is 176 g/mol. The summed E-state index contributed by atoms with van der Waals surface area (Å²) in [7, 11) is 1.44. The molecule has 0 heterocycles. The molecule has 0 aromatic carbocycles. The van der Waals surface area contributed by atoms with Crippen LogP contribution in [0.1, 0.15) is 13.3 Å². The summed E-state index contributed by atoms with van der Waals surface area (Å²) in [4.78, 5) is 0. The van der Waals surface area contributed by atoms with Gasteiger partial charge in [0.1, 0.15) is 0 Å². The smallest absolute Gasteiger partial charge is 0.240 e. The van der Waals surface area contributed by atoms with Gasteiger partial charge in [-0.15, -0.1) is 12.4 Å². The molecule has 0 aliphatic rings. The molecule has 0 aliphatic heterocycles. The van der Waals surface area contributed by atoms with Gasteiger partial charge in [0.15, 0.2) is 0 Å². The maximum absolute atomic E-state index is 11.7. The van der Waals surface area contributed by atoms with Crippen molar-refractivity contribution in [2.45, 2.75) is 25.3 Å². The predicted octanol–water partition coefficient (Wildman–Crippen LogP) is 1.43. The molecule has 0 aromatic heterocycles. The molecule has 0 amide bonds. The standard InChI is InChI=1S/C6H13F2NO.ClH/c1-6(9,4-10-2)3-5(7)8;/h5H,3-4,9H2,1-2H3;1H. The van der Waals surface area contributed by atoms with Crippen molar-refractivity contribution in [1.29, 1.82) is 0 Å². The number of nitrogens with two attached hydrogens (primary N) is 1. The molecule has 5 heteroatoms. The van der Waals surface area contributed by atoms with Gasteiger partial charge in [-0.05, 0) is 6.92 Å². The molecule has 0 rings (SSSR count). The van der Waals surface area contributed by atoms with E-state index in [9.17, 15) is 8.78 Å². The van der Waals surface area contributed by atoms with Gasteiger partial charge in [0.05, 0.1) is 6.61 Å². The minimum Gasteiger partial charge on any atom is -0.383 e. The maximum Gasteiger partial charge on any atom is 0.240 e. The molecule has 0 spiro atoms. The van der Waals surface area contributed by atoms with Crippen molar-refractivity contribution >= 4 is 12.4 Å². The van der Waals surface area contributed by atoms with Crippen molar-refractivity contribution in [2.75, 3.05) is 13.7 Å². The van der Waals surface area contributed by atoms with Gasteiger partial charge in [0, 0.05) is 19.1 Å². The lowest BCUT2D eigenvalue weighted by Gasteiger charge is -2.22. The molecule has 0 aliphatic carbocycles. The van der Waals surface area contributed by atoms with Crippen LogP contribution < -0.4 is 5.73 Å². The van der Waals surface area contributed by atoms with E-state index in [-0.39, 0.29) is 25.4 Å². The summed E-state index contributed by atoms with van der Waals surface area (Å²) in [5, 5.41) is 0. The largest absolute Gasteiger partial charge is 0.383 e. The van der Waals surface area contributed by atoms with Crippen molar-refractivity contribution in [2.24, 2.45) is 5.73 Å². The van der Waals surface area contributed by atoms with Gasteiger partial charge in [-0.25, -0.2) is 8.78 Å². The van der Waals surface area contributed by atoms with E-state index in [0.29, 0.717) is 0 Å². The van der Waals surface area contributed by atoms with Crippen LogP contribution in [0.4, 0.5) is 8.78 Å². The van der Waals surface area contributed by atoms with E-state index in [2.05, 4.69) is 4.74 Å². The molecule has 2 nitrogen and oxygen atoms in total. The molecule has 2 N–H and O–H groups in total. The summed E-state index contributed by atoms with van der Waals surface area (Å²) in [5.41, 5.74) is 4.52. The summed E-state index contributed by atoms with van der Waals surface area (Å²) < 4.78 is 28.1. The Kier molecular flexibility index (Phi) is 7.05. The van der Waals surface area contributed by atoms with Gasteiger partial charge in [-0.3, -0.25) is 0 Å². The van der Waals surface area contributed by atoms with Crippen molar-refractivity contribution in [3.05, 3.63) is 0 Å². The lowest BCUT2D eigenvalue weighted by Crippen LogP contribution is -2.42. The van der Waals surface area contributed by atoms with Crippen LogP contribution in [0.2, 0.25) is 0 Å². The first-order valence-electron chi connectivity index (χ1n) is 3.04. The van der Waals surface area contributed by atoms with Crippen LogP contribution >= 0.6 is 12.4 Å². The molecule has 0 fully saturated rings. The monoisotopic (exact) mass is 189 g/mol. The van der Waals surface area contributed by atoms with Crippen LogP contribution in [-0.4, -0.2) is 25.7 Å². The van der Waals surface area contributed by atoms with Crippen LogP contribution in [0.3, 0.4) is 0 Å². The van der Waals surface area contributed by atoms with Crippen molar-refractivity contribution in [1.82, 2.24) is 0 Å². The Bertz CT molecular complexity index is 101. The van der Waals surface area contributed by atoms with Gasteiger partial charge in [-0.2, -0.15) is 0 Å². The number of alkyl halides is 2. The van der Waals surface area contributed by atoms with Crippen LogP contribution in [0.25, 0.3) is 0 Å². The molecule has 0 saturated carbocycles. The highest BCUT2D eigenvalue weighted by molar-refractivity contribution is 5.85. The van der Waals surface area contributed by atoms with Gasteiger partial charge in [-0.1, -0.05) is 0 Å². The molecule has 11 heavy (non-hydrogen) atoms. The van der Waals surface area contributed by atoms with E-state index in [0.717, 1.165) is 0 Å². The predicted molar refractivity (Wildman–Crippen MR) is 42.3 cm³/mol. The van der Waals surface area contributed by atoms with E-state index in [4.69, 9.17) is 5.73 Å². The highest BCUT2D eigenvalue weighted by atomic mass is 35.5. The summed E-state index contributed by atoms with van der Waals surface area (Å²) in [6.45, 7) is 1.71. The molecule has 0 radical (unpaired) electrons. The third-order valence-corrected chi connectivity index (χ3v) is 1.09. The maximum atomic E-state index is 11.7. The highest BCUT2D eigenvalue weighted by Crippen LogP contribution is 2.12.